The molecule has 0 aliphatic carbocycles. The summed E-state index contributed by atoms with van der Waals surface area (Å²) in [6, 6.07) is 0. The maximum absolute atomic E-state index is 5.04. The molecule has 0 amide bonds. The van der Waals surface area contributed by atoms with E-state index in [-0.39, 0.29) is 0 Å². The smallest absolute Gasteiger partial charge is 0.237 e. The molecule has 0 aromatic carbocycles. The number of aromatic nitrogens is 6. The Morgan fingerprint density at radius 3 is 3.00 bits per heavy atom. The molecule has 0 aliphatic heterocycles. The molecule has 0 unspecified atom stereocenters. The molecule has 0 saturated carbocycles. The van der Waals surface area contributed by atoms with E-state index < -0.39 is 0 Å². The van der Waals surface area contributed by atoms with Crippen LogP contribution in [0.1, 0.15) is 25.1 Å². The number of tetrazole rings is 1. The first-order valence-electron chi connectivity index (χ1n) is 6.18. The first kappa shape index (κ1) is 13.9. The Morgan fingerprint density at radius 1 is 1.37 bits per heavy atom. The number of aryl methyl sites for hydroxylation is 1. The lowest BCUT2D eigenvalue weighted by Crippen LogP contribution is -2.21. The van der Waals surface area contributed by atoms with E-state index in [0.29, 0.717) is 17.5 Å². The summed E-state index contributed by atoms with van der Waals surface area (Å²) in [5.74, 6) is 1.80. The first-order chi connectivity index (χ1) is 9.29. The van der Waals surface area contributed by atoms with E-state index in [0.717, 1.165) is 31.2 Å². The highest BCUT2D eigenvalue weighted by Gasteiger charge is 2.09. The molecule has 104 valence electrons. The average Bonchev–Trinajstić information content (AvgIpc) is 3.01. The lowest BCUT2D eigenvalue weighted by molar-refractivity contribution is 0.387. The predicted octanol–water partition coefficient (Wildman–Crippen LogP) is 0.656. The van der Waals surface area contributed by atoms with Crippen molar-refractivity contribution < 1.29 is 4.52 Å². The van der Waals surface area contributed by atoms with Gasteiger partial charge in [0.2, 0.25) is 11.0 Å². The Morgan fingerprint density at radius 2 is 2.26 bits per heavy atom. The number of nitrogens with zero attached hydrogens (tertiary/aromatic N) is 6. The van der Waals surface area contributed by atoms with Gasteiger partial charge >= 0.3 is 0 Å². The van der Waals surface area contributed by atoms with Gasteiger partial charge in [-0.25, -0.2) is 4.68 Å². The molecule has 1 N–H and O–H groups in total. The van der Waals surface area contributed by atoms with Crippen LogP contribution < -0.4 is 5.32 Å². The minimum Gasteiger partial charge on any atom is -0.338 e. The largest absolute Gasteiger partial charge is 0.338 e. The SMILES string of the molecule is CCCNCCn1nnnc1SCc1nc(C)no1. The molecular weight excluding hydrogens is 266 g/mol. The zero-order valence-electron chi connectivity index (χ0n) is 11.0. The molecule has 2 aromatic heterocycles. The van der Waals surface area contributed by atoms with E-state index in [1.807, 2.05) is 0 Å². The van der Waals surface area contributed by atoms with Gasteiger partial charge in [-0.2, -0.15) is 4.98 Å². The summed E-state index contributed by atoms with van der Waals surface area (Å²) in [4.78, 5) is 4.14. The number of hydrogen-bond acceptors (Lipinski definition) is 8. The Hall–Kier alpha value is -1.48. The molecule has 0 spiro atoms. The molecule has 8 nitrogen and oxygen atoms in total. The second-order valence-electron chi connectivity index (χ2n) is 3.96. The fourth-order valence-electron chi connectivity index (χ4n) is 1.45. The molecule has 2 rings (SSSR count). The number of hydrogen-bond donors (Lipinski definition) is 1. The third-order valence-corrected chi connectivity index (χ3v) is 3.26. The highest BCUT2D eigenvalue weighted by atomic mass is 32.2. The quantitative estimate of drug-likeness (QED) is 0.557. The van der Waals surface area contributed by atoms with E-state index in [2.05, 4.69) is 37.9 Å². The van der Waals surface area contributed by atoms with Crippen molar-refractivity contribution in [3.8, 4) is 0 Å². The molecule has 0 aliphatic rings. The monoisotopic (exact) mass is 283 g/mol. The Bertz CT molecular complexity index is 498. The van der Waals surface area contributed by atoms with E-state index in [9.17, 15) is 0 Å². The lowest BCUT2D eigenvalue weighted by atomic mass is 10.5. The normalized spacial score (nSPS) is 11.1. The van der Waals surface area contributed by atoms with E-state index >= 15 is 0 Å². The number of thioether (sulfide) groups is 1. The van der Waals surface area contributed by atoms with Crippen LogP contribution in [0.15, 0.2) is 9.68 Å². The van der Waals surface area contributed by atoms with Crippen LogP contribution >= 0.6 is 11.8 Å². The summed E-state index contributed by atoms with van der Waals surface area (Å²) in [7, 11) is 0. The van der Waals surface area contributed by atoms with Gasteiger partial charge in [-0.05, 0) is 30.3 Å². The van der Waals surface area contributed by atoms with E-state index in [4.69, 9.17) is 4.52 Å². The Balaban J connectivity index is 1.81. The minimum atomic E-state index is 0.573. The highest BCUT2D eigenvalue weighted by molar-refractivity contribution is 7.98. The topological polar surface area (TPSA) is 94.6 Å². The van der Waals surface area contributed by atoms with Crippen LogP contribution in [0.3, 0.4) is 0 Å². The van der Waals surface area contributed by atoms with Crippen molar-refractivity contribution in [3.63, 3.8) is 0 Å². The molecule has 2 heterocycles. The van der Waals surface area contributed by atoms with Crippen molar-refractivity contribution in [1.29, 1.82) is 0 Å². The van der Waals surface area contributed by atoms with E-state index in [1.54, 1.807) is 11.6 Å². The summed E-state index contributed by atoms with van der Waals surface area (Å²) >= 11 is 1.49. The van der Waals surface area contributed by atoms with Crippen LogP contribution in [0.4, 0.5) is 0 Å². The third-order valence-electron chi connectivity index (χ3n) is 2.32. The zero-order chi connectivity index (χ0) is 13.5. The van der Waals surface area contributed by atoms with Gasteiger partial charge in [-0.3, -0.25) is 0 Å². The molecule has 0 radical (unpaired) electrons. The van der Waals surface area contributed by atoms with Crippen LogP contribution in [0, 0.1) is 6.92 Å². The van der Waals surface area contributed by atoms with Gasteiger partial charge in [0.25, 0.3) is 0 Å². The summed E-state index contributed by atoms with van der Waals surface area (Å²) in [6.07, 6.45) is 1.12. The molecule has 9 heteroatoms. The van der Waals surface area contributed by atoms with Crippen molar-refractivity contribution >= 4 is 11.8 Å². The van der Waals surface area contributed by atoms with Crippen LogP contribution in [-0.4, -0.2) is 43.4 Å². The van der Waals surface area contributed by atoms with Crippen LogP contribution in [0.5, 0.6) is 0 Å². The van der Waals surface area contributed by atoms with Gasteiger partial charge < -0.3 is 9.84 Å². The van der Waals surface area contributed by atoms with Crippen molar-refractivity contribution in [2.24, 2.45) is 0 Å². The number of nitrogens with one attached hydrogen (secondary N) is 1. The van der Waals surface area contributed by atoms with Crippen molar-refractivity contribution in [2.75, 3.05) is 13.1 Å². The van der Waals surface area contributed by atoms with Crippen LogP contribution in [0.25, 0.3) is 0 Å². The van der Waals surface area contributed by atoms with Gasteiger partial charge in [0, 0.05) is 6.54 Å². The highest BCUT2D eigenvalue weighted by Crippen LogP contribution is 2.18. The van der Waals surface area contributed by atoms with Crippen molar-refractivity contribution in [2.45, 2.75) is 37.7 Å². The van der Waals surface area contributed by atoms with Gasteiger partial charge in [-0.15, -0.1) is 5.10 Å². The molecule has 19 heavy (non-hydrogen) atoms. The van der Waals surface area contributed by atoms with Crippen LogP contribution in [-0.2, 0) is 12.3 Å². The number of rotatable bonds is 8. The van der Waals surface area contributed by atoms with Crippen LogP contribution in [0.2, 0.25) is 0 Å². The van der Waals surface area contributed by atoms with Gasteiger partial charge in [0.1, 0.15) is 0 Å². The standard InChI is InChI=1S/C10H17N7OS/c1-3-4-11-5-6-17-10(13-15-16-17)19-7-9-12-8(2)14-18-9/h11H,3-7H2,1-2H3. The Labute approximate surface area is 115 Å². The first-order valence-corrected chi connectivity index (χ1v) is 7.17. The van der Waals surface area contributed by atoms with E-state index in [1.165, 1.54) is 11.8 Å². The predicted molar refractivity (Wildman–Crippen MR) is 69.6 cm³/mol. The second kappa shape index (κ2) is 7.19. The van der Waals surface area contributed by atoms with Gasteiger partial charge in [-0.1, -0.05) is 23.8 Å². The molecule has 0 fully saturated rings. The lowest BCUT2D eigenvalue weighted by Gasteiger charge is -2.04. The van der Waals surface area contributed by atoms with Gasteiger partial charge in [0.15, 0.2) is 5.82 Å². The summed E-state index contributed by atoms with van der Waals surface area (Å²) < 4.78 is 6.82. The molecular formula is C10H17N7OS. The summed E-state index contributed by atoms with van der Waals surface area (Å²) in [5, 5.41) is 19.4. The maximum atomic E-state index is 5.04. The molecule has 0 bridgehead atoms. The average molecular weight is 283 g/mol. The third kappa shape index (κ3) is 4.28. The summed E-state index contributed by atoms with van der Waals surface area (Å²) in [5.41, 5.74) is 0. The fraction of sp³-hybridized carbons (Fsp3) is 0.700. The molecule has 0 saturated heterocycles. The second-order valence-corrected chi connectivity index (χ2v) is 4.90. The zero-order valence-corrected chi connectivity index (χ0v) is 11.9. The molecule has 2 aromatic rings. The Kier molecular flexibility index (Phi) is 5.28. The fourth-order valence-corrected chi connectivity index (χ4v) is 2.19. The maximum Gasteiger partial charge on any atom is 0.237 e. The summed E-state index contributed by atoms with van der Waals surface area (Å²) in [6.45, 7) is 6.54. The van der Waals surface area contributed by atoms with Crippen molar-refractivity contribution in [3.05, 3.63) is 11.7 Å². The molecule has 0 atom stereocenters. The van der Waals surface area contributed by atoms with Crippen molar-refractivity contribution in [1.82, 2.24) is 35.7 Å². The van der Waals surface area contributed by atoms with Gasteiger partial charge in [0.05, 0.1) is 12.3 Å². The minimum absolute atomic E-state index is 0.573.